The van der Waals surface area contributed by atoms with Gasteiger partial charge in [0, 0.05) is 17.3 Å². The second-order valence-corrected chi connectivity index (χ2v) is 11.3. The zero-order valence-electron chi connectivity index (χ0n) is 17.6. The van der Waals surface area contributed by atoms with Gasteiger partial charge in [0.1, 0.15) is 10.7 Å². The minimum absolute atomic E-state index is 0.0253. The average Bonchev–Trinajstić information content (AvgIpc) is 2.84. The van der Waals surface area contributed by atoms with Crippen molar-refractivity contribution in [3.05, 3.63) is 59.4 Å². The minimum atomic E-state index is -4.11. The fourth-order valence-corrected chi connectivity index (χ4v) is 7.24. The van der Waals surface area contributed by atoms with Crippen LogP contribution in [0.4, 0.5) is 18.9 Å². The predicted molar refractivity (Wildman–Crippen MR) is 112 cm³/mol. The third-order valence-electron chi connectivity index (χ3n) is 7.10. The fraction of sp³-hybridized carbons (Fsp3) is 0.435. The van der Waals surface area contributed by atoms with Crippen molar-refractivity contribution in [1.29, 1.82) is 0 Å². The molecule has 2 aromatic carbocycles. The number of carbonyl (C=O) groups excluding carboxylic acids is 1. The van der Waals surface area contributed by atoms with Gasteiger partial charge in [0.15, 0.2) is 21.5 Å². The Morgan fingerprint density at radius 2 is 1.72 bits per heavy atom. The van der Waals surface area contributed by atoms with E-state index in [0.29, 0.717) is 6.42 Å². The van der Waals surface area contributed by atoms with Crippen molar-refractivity contribution >= 4 is 21.4 Å². The van der Waals surface area contributed by atoms with Gasteiger partial charge < -0.3 is 10.4 Å². The summed E-state index contributed by atoms with van der Waals surface area (Å²) < 4.78 is 67.7. The highest BCUT2D eigenvalue weighted by Crippen LogP contribution is 2.54. The van der Waals surface area contributed by atoms with Gasteiger partial charge in [0.2, 0.25) is 0 Å². The molecule has 2 aliphatic rings. The monoisotopic (exact) mass is 467 g/mol. The van der Waals surface area contributed by atoms with Crippen LogP contribution in [0.5, 0.6) is 0 Å². The fourth-order valence-electron chi connectivity index (χ4n) is 5.31. The van der Waals surface area contributed by atoms with E-state index < -0.39 is 48.9 Å². The van der Waals surface area contributed by atoms with Gasteiger partial charge in [-0.2, -0.15) is 0 Å². The number of benzene rings is 2. The van der Waals surface area contributed by atoms with Gasteiger partial charge in [-0.05, 0) is 74.3 Å². The zero-order chi connectivity index (χ0) is 23.4. The maximum Gasteiger partial charge on any atom is 0.255 e. The molecule has 32 heavy (non-hydrogen) atoms. The van der Waals surface area contributed by atoms with E-state index in [9.17, 15) is 31.5 Å². The molecule has 1 amide bonds. The number of hydrogen-bond donors (Lipinski definition) is 2. The number of carbonyl (C=O) groups is 1. The summed E-state index contributed by atoms with van der Waals surface area (Å²) in [5, 5.41) is 12.3. The van der Waals surface area contributed by atoms with Gasteiger partial charge in [0.25, 0.3) is 5.91 Å². The Balaban J connectivity index is 1.61. The summed E-state index contributed by atoms with van der Waals surface area (Å²) >= 11 is 0. The predicted octanol–water partition coefficient (Wildman–Crippen LogP) is 4.32. The molecule has 2 aromatic rings. The largest absolute Gasteiger partial charge is 0.390 e. The number of sulfone groups is 1. The van der Waals surface area contributed by atoms with Crippen molar-refractivity contribution in [2.24, 2.45) is 17.8 Å². The molecule has 5 nitrogen and oxygen atoms in total. The maximum absolute atomic E-state index is 14.6. The molecule has 4 rings (SSSR count). The Bertz CT molecular complexity index is 1180. The second kappa shape index (κ2) is 7.88. The van der Waals surface area contributed by atoms with Gasteiger partial charge in [-0.3, -0.25) is 4.79 Å². The molecule has 2 N–H and O–H groups in total. The third-order valence-corrected chi connectivity index (χ3v) is 9.29. The molecule has 3 unspecified atom stereocenters. The van der Waals surface area contributed by atoms with Crippen LogP contribution in [0.3, 0.4) is 0 Å². The molecular formula is C23H24F3NO4S. The lowest BCUT2D eigenvalue weighted by atomic mass is 9.74. The van der Waals surface area contributed by atoms with Gasteiger partial charge in [-0.25, -0.2) is 21.6 Å². The minimum Gasteiger partial charge on any atom is -0.390 e. The molecule has 5 atom stereocenters. The SMILES string of the molecule is C[C@H]1CC2CC(S(=O)(=O)c3cc(C(=O)Nc4ccc(F)c(F)c4)ccc3F)CC1[C@]2(C)O. The topological polar surface area (TPSA) is 83.5 Å². The van der Waals surface area contributed by atoms with Crippen LogP contribution in [-0.4, -0.2) is 30.3 Å². The van der Waals surface area contributed by atoms with Crippen LogP contribution in [0.25, 0.3) is 0 Å². The first-order valence-electron chi connectivity index (χ1n) is 10.4. The van der Waals surface area contributed by atoms with Crippen LogP contribution in [0.1, 0.15) is 43.5 Å². The van der Waals surface area contributed by atoms with E-state index in [1.54, 1.807) is 6.92 Å². The highest BCUT2D eigenvalue weighted by molar-refractivity contribution is 7.92. The molecule has 0 radical (unpaired) electrons. The molecule has 2 fully saturated rings. The Morgan fingerprint density at radius 3 is 2.38 bits per heavy atom. The molecule has 2 aliphatic carbocycles. The van der Waals surface area contributed by atoms with E-state index in [1.165, 1.54) is 0 Å². The molecule has 0 spiro atoms. The van der Waals surface area contributed by atoms with Crippen LogP contribution >= 0.6 is 0 Å². The van der Waals surface area contributed by atoms with E-state index in [-0.39, 0.29) is 41.8 Å². The standard InChI is InChI=1S/C23H24F3NO4S/c1-12-7-14-9-16(11-17(12)23(14,2)29)32(30,31)21-8-13(3-5-19(21)25)22(28)27-15-4-6-18(24)20(26)10-15/h3-6,8,10,12,14,16-17,29H,7,9,11H2,1-2H3,(H,27,28)/t12-,14?,16?,17?,23+/m0/s1. The maximum atomic E-state index is 14.6. The summed E-state index contributed by atoms with van der Waals surface area (Å²) in [7, 11) is -4.11. The number of hydrogen-bond acceptors (Lipinski definition) is 4. The van der Waals surface area contributed by atoms with E-state index in [4.69, 9.17) is 0 Å². The molecule has 9 heteroatoms. The number of halogens is 3. The Kier molecular flexibility index (Phi) is 5.61. The third kappa shape index (κ3) is 3.81. The average molecular weight is 468 g/mol. The van der Waals surface area contributed by atoms with Gasteiger partial charge in [0.05, 0.1) is 10.9 Å². The number of anilines is 1. The molecular weight excluding hydrogens is 443 g/mol. The second-order valence-electron chi connectivity index (χ2n) is 9.11. The number of rotatable bonds is 4. The first-order chi connectivity index (χ1) is 14.9. The lowest BCUT2D eigenvalue weighted by Crippen LogP contribution is -2.46. The Morgan fingerprint density at radius 1 is 1.03 bits per heavy atom. The zero-order valence-corrected chi connectivity index (χ0v) is 18.4. The van der Waals surface area contributed by atoms with E-state index in [1.807, 2.05) is 6.92 Å². The van der Waals surface area contributed by atoms with Gasteiger partial charge in [-0.1, -0.05) is 6.92 Å². The number of amides is 1. The van der Waals surface area contributed by atoms with Crippen LogP contribution in [-0.2, 0) is 9.84 Å². The summed E-state index contributed by atoms with van der Waals surface area (Å²) in [4.78, 5) is 12.0. The first kappa shape index (κ1) is 22.8. The van der Waals surface area contributed by atoms with E-state index in [2.05, 4.69) is 5.32 Å². The molecule has 2 saturated carbocycles. The summed E-state index contributed by atoms with van der Waals surface area (Å²) in [6.07, 6.45) is 1.15. The van der Waals surface area contributed by atoms with E-state index in [0.717, 1.165) is 36.4 Å². The summed E-state index contributed by atoms with van der Waals surface area (Å²) in [5.74, 6) is -4.22. The number of fused-ring (bicyclic) bond motifs is 2. The van der Waals surface area contributed by atoms with Gasteiger partial charge >= 0.3 is 0 Å². The summed E-state index contributed by atoms with van der Waals surface area (Å²) in [5.41, 5.74) is -1.10. The molecule has 172 valence electrons. The lowest BCUT2D eigenvalue weighted by Gasteiger charge is -2.40. The van der Waals surface area contributed by atoms with Crippen LogP contribution in [0.15, 0.2) is 41.3 Å². The molecule has 0 aliphatic heterocycles. The first-order valence-corrected chi connectivity index (χ1v) is 12.0. The summed E-state index contributed by atoms with van der Waals surface area (Å²) in [6.45, 7) is 3.72. The number of aliphatic hydroxyl groups is 1. The van der Waals surface area contributed by atoms with Gasteiger partial charge in [-0.15, -0.1) is 0 Å². The molecule has 0 heterocycles. The highest BCUT2D eigenvalue weighted by Gasteiger charge is 2.56. The van der Waals surface area contributed by atoms with Crippen molar-refractivity contribution in [3.63, 3.8) is 0 Å². The quantitative estimate of drug-likeness (QED) is 0.702. The number of nitrogens with one attached hydrogen (secondary N) is 1. The van der Waals surface area contributed by atoms with Crippen LogP contribution in [0.2, 0.25) is 0 Å². The Labute approximate surface area is 184 Å². The van der Waals surface area contributed by atoms with Crippen molar-refractivity contribution < 1.29 is 31.5 Å². The lowest BCUT2D eigenvalue weighted by molar-refractivity contribution is -0.0466. The highest BCUT2D eigenvalue weighted by atomic mass is 32.2. The molecule has 0 aromatic heterocycles. The van der Waals surface area contributed by atoms with Crippen LogP contribution in [0, 0.1) is 35.2 Å². The molecule has 0 saturated heterocycles. The summed E-state index contributed by atoms with van der Waals surface area (Å²) in [6, 6.07) is 5.79. The Hall–Kier alpha value is -2.39. The van der Waals surface area contributed by atoms with Crippen molar-refractivity contribution in [1.82, 2.24) is 0 Å². The van der Waals surface area contributed by atoms with Crippen molar-refractivity contribution in [2.45, 2.75) is 48.9 Å². The normalized spacial score (nSPS) is 29.7. The van der Waals surface area contributed by atoms with E-state index >= 15 is 0 Å². The van der Waals surface area contributed by atoms with Crippen molar-refractivity contribution in [2.75, 3.05) is 5.32 Å². The van der Waals surface area contributed by atoms with Crippen molar-refractivity contribution in [3.8, 4) is 0 Å². The smallest absolute Gasteiger partial charge is 0.255 e. The molecule has 2 bridgehead atoms. The van der Waals surface area contributed by atoms with Crippen LogP contribution < -0.4 is 5.32 Å².